The van der Waals surface area contributed by atoms with Crippen molar-refractivity contribution in [3.63, 3.8) is 0 Å². The highest BCUT2D eigenvalue weighted by Gasteiger charge is 2.20. The van der Waals surface area contributed by atoms with Gasteiger partial charge >= 0.3 is 0 Å². The molecule has 1 N–H and O–H groups in total. The predicted molar refractivity (Wildman–Crippen MR) is 71.2 cm³/mol. The van der Waals surface area contributed by atoms with E-state index in [-0.39, 0.29) is 6.79 Å². The number of rotatable bonds is 5. The zero-order valence-electron chi connectivity index (χ0n) is 10.8. The fourth-order valence-corrected chi connectivity index (χ4v) is 2.34. The number of ether oxygens (including phenoxy) is 2. The van der Waals surface area contributed by atoms with Crippen LogP contribution in [-0.4, -0.2) is 11.9 Å². The maximum absolute atomic E-state index is 10.1. The monoisotopic (exact) mass is 270 g/mol. The second kappa shape index (κ2) is 5.81. The van der Waals surface area contributed by atoms with Gasteiger partial charge in [0.2, 0.25) is 6.79 Å². The van der Waals surface area contributed by atoms with Crippen LogP contribution in [0.1, 0.15) is 44.8 Å². The third-order valence-electron chi connectivity index (χ3n) is 3.09. The minimum atomic E-state index is -0.490. The quantitative estimate of drug-likeness (QED) is 0.881. The first-order chi connectivity index (χ1) is 8.58. The number of aliphatic hydroxyl groups excluding tert-OH is 1. The summed E-state index contributed by atoms with van der Waals surface area (Å²) in [6.07, 6.45) is 2.38. The number of hydrogen-bond donors (Lipinski definition) is 1. The second-order valence-corrected chi connectivity index (χ2v) is 5.48. The number of aliphatic hydroxyl groups is 1. The number of hydrogen-bond acceptors (Lipinski definition) is 3. The van der Waals surface area contributed by atoms with Gasteiger partial charge in [-0.25, -0.2) is 0 Å². The first-order valence-electron chi connectivity index (χ1n) is 6.35. The molecule has 0 saturated carbocycles. The van der Waals surface area contributed by atoms with Crippen LogP contribution in [0.25, 0.3) is 0 Å². The Morgan fingerprint density at radius 1 is 1.28 bits per heavy atom. The van der Waals surface area contributed by atoms with Crippen LogP contribution in [0.15, 0.2) is 12.1 Å². The summed E-state index contributed by atoms with van der Waals surface area (Å²) in [5.41, 5.74) is 0.799. The van der Waals surface area contributed by atoms with Gasteiger partial charge in [-0.1, -0.05) is 38.3 Å². The van der Waals surface area contributed by atoms with Crippen LogP contribution < -0.4 is 9.47 Å². The van der Waals surface area contributed by atoms with Gasteiger partial charge in [-0.2, -0.15) is 0 Å². The van der Waals surface area contributed by atoms with E-state index in [2.05, 4.69) is 13.8 Å². The van der Waals surface area contributed by atoms with E-state index < -0.39 is 6.10 Å². The van der Waals surface area contributed by atoms with Gasteiger partial charge in [0.15, 0.2) is 11.5 Å². The first kappa shape index (κ1) is 13.5. The molecule has 0 fully saturated rings. The molecular formula is C14H19ClO3. The summed E-state index contributed by atoms with van der Waals surface area (Å²) in [6.45, 7) is 4.57. The van der Waals surface area contributed by atoms with E-state index in [1.807, 2.05) is 6.07 Å². The van der Waals surface area contributed by atoms with Crippen molar-refractivity contribution in [3.8, 4) is 11.5 Å². The van der Waals surface area contributed by atoms with E-state index in [9.17, 15) is 5.11 Å². The molecular weight excluding hydrogens is 252 g/mol. The predicted octanol–water partition coefficient (Wildman–Crippen LogP) is 3.93. The summed E-state index contributed by atoms with van der Waals surface area (Å²) in [5.74, 6) is 1.87. The molecule has 0 aromatic heterocycles. The van der Waals surface area contributed by atoms with E-state index in [0.717, 1.165) is 24.8 Å². The molecule has 18 heavy (non-hydrogen) atoms. The normalized spacial score (nSPS) is 15.2. The molecule has 1 atom stereocenters. The van der Waals surface area contributed by atoms with E-state index in [4.69, 9.17) is 21.1 Å². The van der Waals surface area contributed by atoms with Crippen LogP contribution in [0.4, 0.5) is 0 Å². The highest BCUT2D eigenvalue weighted by atomic mass is 35.5. The Hall–Kier alpha value is -0.930. The minimum absolute atomic E-state index is 0.196. The maximum Gasteiger partial charge on any atom is 0.231 e. The van der Waals surface area contributed by atoms with E-state index in [0.29, 0.717) is 22.4 Å². The molecule has 0 aliphatic carbocycles. The highest BCUT2D eigenvalue weighted by Crippen LogP contribution is 2.41. The molecule has 4 heteroatoms. The molecule has 0 bridgehead atoms. The van der Waals surface area contributed by atoms with Crippen molar-refractivity contribution < 1.29 is 14.6 Å². The Balaban J connectivity index is 2.02. The first-order valence-corrected chi connectivity index (χ1v) is 6.73. The van der Waals surface area contributed by atoms with E-state index in [1.165, 1.54) is 0 Å². The molecule has 1 heterocycles. The molecule has 1 aliphatic heterocycles. The lowest BCUT2D eigenvalue weighted by Gasteiger charge is -2.13. The fourth-order valence-electron chi connectivity index (χ4n) is 2.07. The topological polar surface area (TPSA) is 38.7 Å². The summed E-state index contributed by atoms with van der Waals surface area (Å²) in [4.78, 5) is 0. The molecule has 2 rings (SSSR count). The Morgan fingerprint density at radius 3 is 2.78 bits per heavy atom. The molecule has 0 amide bonds. The molecule has 1 aromatic carbocycles. The summed E-state index contributed by atoms with van der Waals surface area (Å²) in [7, 11) is 0. The van der Waals surface area contributed by atoms with Crippen molar-refractivity contribution in [1.82, 2.24) is 0 Å². The average molecular weight is 271 g/mol. The number of benzene rings is 1. The summed E-state index contributed by atoms with van der Waals surface area (Å²) in [6, 6.07) is 3.57. The van der Waals surface area contributed by atoms with Crippen molar-refractivity contribution in [1.29, 1.82) is 0 Å². The van der Waals surface area contributed by atoms with Gasteiger partial charge in [-0.15, -0.1) is 0 Å². The standard InChI is InChI=1S/C14H19ClO3/c1-9(2)4-3-5-12(16)10-6-11(15)14-13(7-10)17-8-18-14/h6-7,9,12,16H,3-5,8H2,1-2H3. The summed E-state index contributed by atoms with van der Waals surface area (Å²) < 4.78 is 10.5. The van der Waals surface area contributed by atoms with Gasteiger partial charge in [0.05, 0.1) is 11.1 Å². The van der Waals surface area contributed by atoms with Gasteiger partial charge in [-0.3, -0.25) is 0 Å². The van der Waals surface area contributed by atoms with Crippen molar-refractivity contribution in [2.45, 2.75) is 39.2 Å². The van der Waals surface area contributed by atoms with Gasteiger partial charge in [0, 0.05) is 0 Å². The third-order valence-corrected chi connectivity index (χ3v) is 3.37. The van der Waals surface area contributed by atoms with Crippen LogP contribution in [0.2, 0.25) is 5.02 Å². The zero-order valence-corrected chi connectivity index (χ0v) is 11.5. The Labute approximate surface area is 113 Å². The third kappa shape index (κ3) is 3.09. The van der Waals surface area contributed by atoms with Crippen molar-refractivity contribution in [3.05, 3.63) is 22.7 Å². The Kier molecular flexibility index (Phi) is 4.36. The van der Waals surface area contributed by atoms with Crippen molar-refractivity contribution >= 4 is 11.6 Å². The number of fused-ring (bicyclic) bond motifs is 1. The molecule has 0 spiro atoms. The van der Waals surface area contributed by atoms with Crippen LogP contribution >= 0.6 is 11.6 Å². The van der Waals surface area contributed by atoms with E-state index in [1.54, 1.807) is 6.07 Å². The van der Waals surface area contributed by atoms with Gasteiger partial charge < -0.3 is 14.6 Å². The van der Waals surface area contributed by atoms with Gasteiger partial charge in [0.25, 0.3) is 0 Å². The largest absolute Gasteiger partial charge is 0.454 e. The number of halogens is 1. The lowest BCUT2D eigenvalue weighted by atomic mass is 10.00. The summed E-state index contributed by atoms with van der Waals surface area (Å²) >= 11 is 6.09. The van der Waals surface area contributed by atoms with Crippen molar-refractivity contribution in [2.24, 2.45) is 5.92 Å². The minimum Gasteiger partial charge on any atom is -0.454 e. The highest BCUT2D eigenvalue weighted by molar-refractivity contribution is 6.32. The van der Waals surface area contributed by atoms with Crippen LogP contribution in [0, 0.1) is 5.92 Å². The van der Waals surface area contributed by atoms with Crippen molar-refractivity contribution in [2.75, 3.05) is 6.79 Å². The summed E-state index contributed by atoms with van der Waals surface area (Å²) in [5, 5.41) is 10.6. The van der Waals surface area contributed by atoms with Gasteiger partial charge in [0.1, 0.15) is 0 Å². The van der Waals surface area contributed by atoms with Crippen LogP contribution in [0.5, 0.6) is 11.5 Å². The average Bonchev–Trinajstić information content (AvgIpc) is 2.76. The molecule has 0 saturated heterocycles. The van der Waals surface area contributed by atoms with Crippen LogP contribution in [0.3, 0.4) is 0 Å². The lowest BCUT2D eigenvalue weighted by molar-refractivity contribution is 0.160. The van der Waals surface area contributed by atoms with Crippen LogP contribution in [-0.2, 0) is 0 Å². The molecule has 1 unspecified atom stereocenters. The molecule has 3 nitrogen and oxygen atoms in total. The fraction of sp³-hybridized carbons (Fsp3) is 0.571. The maximum atomic E-state index is 10.1. The SMILES string of the molecule is CC(C)CCCC(O)c1cc(Cl)c2c(c1)OCO2. The Bertz CT molecular complexity index is 418. The molecule has 100 valence electrons. The Morgan fingerprint density at radius 2 is 2.06 bits per heavy atom. The smallest absolute Gasteiger partial charge is 0.231 e. The second-order valence-electron chi connectivity index (χ2n) is 5.08. The van der Waals surface area contributed by atoms with E-state index >= 15 is 0 Å². The molecule has 1 aliphatic rings. The molecule has 1 aromatic rings. The molecule has 0 radical (unpaired) electrons. The lowest BCUT2D eigenvalue weighted by Crippen LogP contribution is -1.99. The van der Waals surface area contributed by atoms with Gasteiger partial charge in [-0.05, 0) is 30.0 Å². The zero-order chi connectivity index (χ0) is 13.1.